The molecule has 3 rings (SSSR count). The van der Waals surface area contributed by atoms with E-state index in [2.05, 4.69) is 32.3 Å². The molecule has 2 aromatic rings. The summed E-state index contributed by atoms with van der Waals surface area (Å²) in [5.41, 5.74) is 2.17. The Morgan fingerprint density at radius 3 is 3.12 bits per heavy atom. The topological polar surface area (TPSA) is 44.0 Å². The molecule has 0 radical (unpaired) electrons. The van der Waals surface area contributed by atoms with Crippen LogP contribution < -0.4 is 10.2 Å². The van der Waals surface area contributed by atoms with Crippen LogP contribution in [0.1, 0.15) is 12.8 Å². The lowest BCUT2D eigenvalue weighted by Crippen LogP contribution is -2.44. The molecule has 0 spiro atoms. The summed E-state index contributed by atoms with van der Waals surface area (Å²) in [6.45, 7) is 2.13. The predicted octanol–water partition coefficient (Wildman–Crippen LogP) is 1.75. The Bertz CT molecular complexity index is 472. The largest absolute Gasteiger partial charge is 0.341 e. The number of piperidine rings is 1. The number of benzene rings is 1. The lowest BCUT2D eigenvalue weighted by molar-refractivity contribution is 0.446. The van der Waals surface area contributed by atoms with Crippen molar-refractivity contribution in [3.8, 4) is 0 Å². The molecule has 4 nitrogen and oxygen atoms in total. The van der Waals surface area contributed by atoms with E-state index in [-0.39, 0.29) is 0 Å². The molecule has 4 heteroatoms. The molecule has 2 heterocycles. The smallest absolute Gasteiger partial charge is 0.203 e. The SMILES string of the molecule is CN[C@@H]1CCCN(c2nc3ccccc3[nH]2)C1. The van der Waals surface area contributed by atoms with Gasteiger partial charge in [-0.25, -0.2) is 4.98 Å². The van der Waals surface area contributed by atoms with Crippen molar-refractivity contribution >= 4 is 17.0 Å². The van der Waals surface area contributed by atoms with Crippen LogP contribution in [0.25, 0.3) is 11.0 Å². The van der Waals surface area contributed by atoms with E-state index in [1.165, 1.54) is 12.8 Å². The van der Waals surface area contributed by atoms with Crippen molar-refractivity contribution in [3.05, 3.63) is 24.3 Å². The monoisotopic (exact) mass is 230 g/mol. The summed E-state index contributed by atoms with van der Waals surface area (Å²) in [5, 5.41) is 3.35. The summed E-state index contributed by atoms with van der Waals surface area (Å²) in [7, 11) is 2.03. The number of rotatable bonds is 2. The molecule has 1 aromatic carbocycles. The number of aromatic amines is 1. The highest BCUT2D eigenvalue weighted by molar-refractivity contribution is 5.77. The Balaban J connectivity index is 1.87. The molecular weight excluding hydrogens is 212 g/mol. The fraction of sp³-hybridized carbons (Fsp3) is 0.462. The van der Waals surface area contributed by atoms with Crippen molar-refractivity contribution in [2.75, 3.05) is 25.0 Å². The van der Waals surface area contributed by atoms with Crippen molar-refractivity contribution in [1.82, 2.24) is 15.3 Å². The second-order valence-electron chi connectivity index (χ2n) is 4.65. The second-order valence-corrected chi connectivity index (χ2v) is 4.65. The van der Waals surface area contributed by atoms with Crippen LogP contribution in [0.4, 0.5) is 5.95 Å². The maximum atomic E-state index is 4.65. The minimum Gasteiger partial charge on any atom is -0.341 e. The minimum absolute atomic E-state index is 0.581. The van der Waals surface area contributed by atoms with E-state index in [4.69, 9.17) is 0 Å². The number of fused-ring (bicyclic) bond motifs is 1. The van der Waals surface area contributed by atoms with E-state index in [0.717, 1.165) is 30.1 Å². The zero-order valence-electron chi connectivity index (χ0n) is 10.1. The molecule has 0 amide bonds. The van der Waals surface area contributed by atoms with Crippen LogP contribution in [-0.4, -0.2) is 36.1 Å². The van der Waals surface area contributed by atoms with E-state index in [0.29, 0.717) is 6.04 Å². The molecule has 1 atom stereocenters. The zero-order valence-corrected chi connectivity index (χ0v) is 10.1. The van der Waals surface area contributed by atoms with Gasteiger partial charge >= 0.3 is 0 Å². The van der Waals surface area contributed by atoms with Crippen molar-refractivity contribution in [2.45, 2.75) is 18.9 Å². The van der Waals surface area contributed by atoms with E-state index in [1.54, 1.807) is 0 Å². The van der Waals surface area contributed by atoms with Gasteiger partial charge in [0.05, 0.1) is 11.0 Å². The Labute approximate surface area is 101 Å². The number of likely N-dealkylation sites (N-methyl/N-ethyl adjacent to an activating group) is 1. The summed E-state index contributed by atoms with van der Waals surface area (Å²) in [5.74, 6) is 1.01. The van der Waals surface area contributed by atoms with E-state index < -0.39 is 0 Å². The first-order valence-electron chi connectivity index (χ1n) is 6.24. The van der Waals surface area contributed by atoms with E-state index >= 15 is 0 Å². The number of H-pyrrole nitrogens is 1. The van der Waals surface area contributed by atoms with Gasteiger partial charge in [0, 0.05) is 19.1 Å². The first-order chi connectivity index (χ1) is 8.36. The van der Waals surface area contributed by atoms with Crippen LogP contribution >= 0.6 is 0 Å². The van der Waals surface area contributed by atoms with Crippen LogP contribution in [0.15, 0.2) is 24.3 Å². The number of hydrogen-bond donors (Lipinski definition) is 2. The van der Waals surface area contributed by atoms with Crippen LogP contribution in [0.2, 0.25) is 0 Å². The quantitative estimate of drug-likeness (QED) is 0.826. The van der Waals surface area contributed by atoms with Crippen molar-refractivity contribution < 1.29 is 0 Å². The fourth-order valence-corrected chi connectivity index (χ4v) is 2.49. The summed E-state index contributed by atoms with van der Waals surface area (Å²) >= 11 is 0. The van der Waals surface area contributed by atoms with Gasteiger partial charge in [0.1, 0.15) is 0 Å². The molecule has 2 N–H and O–H groups in total. The maximum absolute atomic E-state index is 4.65. The van der Waals surface area contributed by atoms with Crippen molar-refractivity contribution in [1.29, 1.82) is 0 Å². The minimum atomic E-state index is 0.581. The first kappa shape index (κ1) is 10.6. The van der Waals surface area contributed by atoms with Gasteiger partial charge in [-0.15, -0.1) is 0 Å². The first-order valence-corrected chi connectivity index (χ1v) is 6.24. The molecule has 17 heavy (non-hydrogen) atoms. The normalized spacial score (nSPS) is 21.0. The molecule has 0 unspecified atom stereocenters. The molecule has 1 fully saturated rings. The van der Waals surface area contributed by atoms with Crippen molar-refractivity contribution in [3.63, 3.8) is 0 Å². The number of para-hydroxylation sites is 2. The van der Waals surface area contributed by atoms with Crippen LogP contribution in [-0.2, 0) is 0 Å². The summed E-state index contributed by atoms with van der Waals surface area (Å²) in [6, 6.07) is 8.77. The number of anilines is 1. The Hall–Kier alpha value is -1.55. The number of nitrogens with zero attached hydrogens (tertiary/aromatic N) is 2. The molecule has 1 saturated heterocycles. The maximum Gasteiger partial charge on any atom is 0.203 e. The summed E-state index contributed by atoms with van der Waals surface area (Å²) in [4.78, 5) is 10.4. The third kappa shape index (κ3) is 2.00. The van der Waals surface area contributed by atoms with Gasteiger partial charge in [0.15, 0.2) is 0 Å². The van der Waals surface area contributed by atoms with Gasteiger partial charge in [0.2, 0.25) is 5.95 Å². The van der Waals surface area contributed by atoms with Gasteiger partial charge < -0.3 is 15.2 Å². The Morgan fingerprint density at radius 2 is 2.29 bits per heavy atom. The number of imidazole rings is 1. The highest BCUT2D eigenvalue weighted by Crippen LogP contribution is 2.20. The highest BCUT2D eigenvalue weighted by Gasteiger charge is 2.20. The van der Waals surface area contributed by atoms with Crippen molar-refractivity contribution in [2.24, 2.45) is 0 Å². The van der Waals surface area contributed by atoms with Gasteiger partial charge in [0.25, 0.3) is 0 Å². The van der Waals surface area contributed by atoms with Crippen LogP contribution in [0.3, 0.4) is 0 Å². The van der Waals surface area contributed by atoms with E-state index in [1.807, 2.05) is 19.2 Å². The fourth-order valence-electron chi connectivity index (χ4n) is 2.49. The molecule has 1 aliphatic heterocycles. The lowest BCUT2D eigenvalue weighted by atomic mass is 10.1. The molecule has 1 aliphatic rings. The molecular formula is C13H18N4. The summed E-state index contributed by atoms with van der Waals surface area (Å²) in [6.07, 6.45) is 2.48. The lowest BCUT2D eigenvalue weighted by Gasteiger charge is -2.32. The third-order valence-corrected chi connectivity index (χ3v) is 3.51. The van der Waals surface area contributed by atoms with Gasteiger partial charge in [-0.2, -0.15) is 0 Å². The van der Waals surface area contributed by atoms with Crippen LogP contribution in [0.5, 0.6) is 0 Å². The average Bonchev–Trinajstić information content (AvgIpc) is 2.82. The van der Waals surface area contributed by atoms with Crippen LogP contribution in [0, 0.1) is 0 Å². The average molecular weight is 230 g/mol. The Kier molecular flexibility index (Phi) is 2.73. The summed E-state index contributed by atoms with van der Waals surface area (Å²) < 4.78 is 0. The molecule has 0 bridgehead atoms. The van der Waals surface area contributed by atoms with Gasteiger partial charge in [-0.1, -0.05) is 12.1 Å². The zero-order chi connectivity index (χ0) is 11.7. The number of hydrogen-bond acceptors (Lipinski definition) is 3. The van der Waals surface area contributed by atoms with Gasteiger partial charge in [-0.05, 0) is 32.0 Å². The number of aromatic nitrogens is 2. The van der Waals surface area contributed by atoms with E-state index in [9.17, 15) is 0 Å². The molecule has 0 aliphatic carbocycles. The number of nitrogens with one attached hydrogen (secondary N) is 2. The molecule has 1 aromatic heterocycles. The highest BCUT2D eigenvalue weighted by atomic mass is 15.3. The second kappa shape index (κ2) is 4.37. The molecule has 90 valence electrons. The van der Waals surface area contributed by atoms with Gasteiger partial charge in [-0.3, -0.25) is 0 Å². The Morgan fingerprint density at radius 1 is 1.41 bits per heavy atom. The predicted molar refractivity (Wildman–Crippen MR) is 70.4 cm³/mol. The molecule has 0 saturated carbocycles. The third-order valence-electron chi connectivity index (χ3n) is 3.51. The standard InChI is InChI=1S/C13H18N4/c1-14-10-5-4-8-17(9-10)13-15-11-6-2-3-7-12(11)16-13/h2-3,6-7,10,14H,4-5,8-9H2,1H3,(H,15,16)/t10-/m1/s1.